The van der Waals surface area contributed by atoms with Crippen LogP contribution in [0.2, 0.25) is 0 Å². The summed E-state index contributed by atoms with van der Waals surface area (Å²) in [5, 5.41) is 0. The summed E-state index contributed by atoms with van der Waals surface area (Å²) in [5.41, 5.74) is 0. The van der Waals surface area contributed by atoms with Crippen molar-refractivity contribution in [2.45, 2.75) is 23.8 Å². The first-order valence-electron chi connectivity index (χ1n) is 4.41. The molecule has 14 heavy (non-hydrogen) atoms. The summed E-state index contributed by atoms with van der Waals surface area (Å²) in [6.45, 7) is 0. The number of alkyl halides is 1. The van der Waals surface area contributed by atoms with Gasteiger partial charge in [0.05, 0.1) is 0 Å². The van der Waals surface area contributed by atoms with Crippen molar-refractivity contribution < 1.29 is 9.13 Å². The van der Waals surface area contributed by atoms with Crippen LogP contribution in [0.5, 0.6) is 5.75 Å². The molecule has 76 valence electrons. The van der Waals surface area contributed by atoms with E-state index in [2.05, 4.69) is 31.9 Å². The van der Waals surface area contributed by atoms with Crippen LogP contribution >= 0.6 is 31.9 Å². The fourth-order valence-electron chi connectivity index (χ4n) is 1.34. The zero-order valence-electron chi connectivity index (χ0n) is 7.34. The van der Waals surface area contributed by atoms with Gasteiger partial charge in [0, 0.05) is 9.30 Å². The molecule has 0 unspecified atom stereocenters. The number of benzene rings is 1. The molecule has 4 heteroatoms. The first-order chi connectivity index (χ1) is 6.65. The van der Waals surface area contributed by atoms with E-state index in [1.807, 2.05) is 0 Å². The molecule has 0 atom stereocenters. The van der Waals surface area contributed by atoms with Crippen molar-refractivity contribution in [1.29, 1.82) is 0 Å². The maximum absolute atomic E-state index is 13.2. The Balaban J connectivity index is 2.05. The molecule has 2 rings (SSSR count). The average Bonchev–Trinajstić information content (AvgIpc) is 2.09. The number of rotatable bonds is 2. The van der Waals surface area contributed by atoms with Crippen molar-refractivity contribution in [2.75, 3.05) is 0 Å². The topological polar surface area (TPSA) is 9.23 Å². The summed E-state index contributed by atoms with van der Waals surface area (Å²) in [7, 11) is 0. The van der Waals surface area contributed by atoms with Crippen molar-refractivity contribution >= 4 is 31.9 Å². The smallest absolute Gasteiger partial charge is 0.165 e. The van der Waals surface area contributed by atoms with Gasteiger partial charge in [0.1, 0.15) is 6.10 Å². The molecule has 0 saturated heterocycles. The Bertz CT molecular complexity index is 337. The number of ether oxygens (including phenoxy) is 1. The van der Waals surface area contributed by atoms with Gasteiger partial charge in [-0.05, 0) is 31.0 Å². The van der Waals surface area contributed by atoms with E-state index in [1.54, 1.807) is 12.1 Å². The zero-order chi connectivity index (χ0) is 10.1. The van der Waals surface area contributed by atoms with Gasteiger partial charge in [0.2, 0.25) is 0 Å². The molecule has 1 aromatic rings. The average molecular weight is 324 g/mol. The van der Waals surface area contributed by atoms with E-state index >= 15 is 0 Å². The third kappa shape index (κ3) is 2.28. The molecule has 0 heterocycles. The predicted molar refractivity (Wildman–Crippen MR) is 60.5 cm³/mol. The molecular weight excluding hydrogens is 315 g/mol. The standard InChI is InChI=1S/C10H9Br2FO/c11-6-1-2-9(13)10(5-6)14-8-3-7(12)4-8/h1-2,5,7-8H,3-4H2. The Morgan fingerprint density at radius 3 is 2.71 bits per heavy atom. The highest BCUT2D eigenvalue weighted by Crippen LogP contribution is 2.32. The first kappa shape index (κ1) is 10.4. The maximum Gasteiger partial charge on any atom is 0.165 e. The van der Waals surface area contributed by atoms with Crippen LogP contribution in [-0.2, 0) is 0 Å². The lowest BCUT2D eigenvalue weighted by Crippen LogP contribution is -2.34. The van der Waals surface area contributed by atoms with Gasteiger partial charge < -0.3 is 4.74 Å². The molecule has 0 aromatic heterocycles. The summed E-state index contributed by atoms with van der Waals surface area (Å²) in [5.74, 6) is 0.0370. The Morgan fingerprint density at radius 2 is 2.07 bits per heavy atom. The summed E-state index contributed by atoms with van der Waals surface area (Å²) >= 11 is 6.75. The van der Waals surface area contributed by atoms with Crippen LogP contribution < -0.4 is 4.74 Å². The van der Waals surface area contributed by atoms with Crippen LogP contribution in [-0.4, -0.2) is 10.9 Å². The van der Waals surface area contributed by atoms with Crippen LogP contribution in [0.1, 0.15) is 12.8 Å². The monoisotopic (exact) mass is 322 g/mol. The minimum atomic E-state index is -0.300. The molecule has 1 saturated carbocycles. The van der Waals surface area contributed by atoms with E-state index in [9.17, 15) is 4.39 Å². The maximum atomic E-state index is 13.2. The van der Waals surface area contributed by atoms with Gasteiger partial charge in [-0.1, -0.05) is 31.9 Å². The molecule has 0 bridgehead atoms. The molecule has 0 spiro atoms. The van der Waals surface area contributed by atoms with Gasteiger partial charge >= 0.3 is 0 Å². The molecule has 0 aliphatic heterocycles. The lowest BCUT2D eigenvalue weighted by molar-refractivity contribution is 0.122. The lowest BCUT2D eigenvalue weighted by atomic mass is 9.96. The lowest BCUT2D eigenvalue weighted by Gasteiger charge is -2.31. The van der Waals surface area contributed by atoms with Gasteiger partial charge in [-0.2, -0.15) is 0 Å². The van der Waals surface area contributed by atoms with Gasteiger partial charge in [-0.25, -0.2) is 4.39 Å². The Labute approximate surface area is 98.9 Å². The van der Waals surface area contributed by atoms with Gasteiger partial charge in [0.15, 0.2) is 11.6 Å². The second kappa shape index (κ2) is 4.19. The molecule has 0 amide bonds. The van der Waals surface area contributed by atoms with Gasteiger partial charge in [-0.15, -0.1) is 0 Å². The number of halogens is 3. The van der Waals surface area contributed by atoms with Crippen molar-refractivity contribution in [3.63, 3.8) is 0 Å². The highest BCUT2D eigenvalue weighted by atomic mass is 79.9. The summed E-state index contributed by atoms with van der Waals surface area (Å²) in [6.07, 6.45) is 2.06. The van der Waals surface area contributed by atoms with Crippen LogP contribution in [0, 0.1) is 5.82 Å². The Hall–Kier alpha value is -0.0900. The molecule has 1 aromatic carbocycles. The fourth-order valence-corrected chi connectivity index (χ4v) is 2.52. The summed E-state index contributed by atoms with van der Waals surface area (Å²) in [4.78, 5) is 0.530. The van der Waals surface area contributed by atoms with Crippen molar-refractivity contribution in [1.82, 2.24) is 0 Å². The van der Waals surface area contributed by atoms with Crippen molar-refractivity contribution in [3.05, 3.63) is 28.5 Å². The first-order valence-corrected chi connectivity index (χ1v) is 6.12. The molecule has 0 radical (unpaired) electrons. The Morgan fingerprint density at radius 1 is 1.36 bits per heavy atom. The molecule has 0 N–H and O–H groups in total. The number of hydrogen-bond donors (Lipinski definition) is 0. The third-order valence-corrected chi connectivity index (χ3v) is 3.47. The minimum Gasteiger partial charge on any atom is -0.487 e. The molecule has 1 fully saturated rings. The molecule has 1 aliphatic carbocycles. The van der Waals surface area contributed by atoms with E-state index in [0.717, 1.165) is 17.3 Å². The largest absolute Gasteiger partial charge is 0.487 e. The highest BCUT2D eigenvalue weighted by molar-refractivity contribution is 9.10. The van der Waals surface area contributed by atoms with Crippen molar-refractivity contribution in [3.8, 4) is 5.75 Å². The molecule has 1 nitrogen and oxygen atoms in total. The van der Waals surface area contributed by atoms with Gasteiger partial charge in [-0.3, -0.25) is 0 Å². The van der Waals surface area contributed by atoms with Crippen LogP contribution in [0.3, 0.4) is 0 Å². The van der Waals surface area contributed by atoms with E-state index in [0.29, 0.717) is 10.6 Å². The second-order valence-corrected chi connectivity index (χ2v) is 5.59. The summed E-state index contributed by atoms with van der Waals surface area (Å²) in [6, 6.07) is 4.73. The number of hydrogen-bond acceptors (Lipinski definition) is 1. The second-order valence-electron chi connectivity index (χ2n) is 3.38. The van der Waals surface area contributed by atoms with Crippen LogP contribution in [0.15, 0.2) is 22.7 Å². The summed E-state index contributed by atoms with van der Waals surface area (Å²) < 4.78 is 19.6. The fraction of sp³-hybridized carbons (Fsp3) is 0.400. The predicted octanol–water partition coefficient (Wildman–Crippen LogP) is 3.89. The normalized spacial score (nSPS) is 25.6. The van der Waals surface area contributed by atoms with Crippen LogP contribution in [0.4, 0.5) is 4.39 Å². The van der Waals surface area contributed by atoms with Gasteiger partial charge in [0.25, 0.3) is 0 Å². The van der Waals surface area contributed by atoms with E-state index in [-0.39, 0.29) is 11.9 Å². The van der Waals surface area contributed by atoms with E-state index in [4.69, 9.17) is 4.74 Å². The third-order valence-electron chi connectivity index (χ3n) is 2.22. The Kier molecular flexibility index (Phi) is 3.12. The van der Waals surface area contributed by atoms with Crippen molar-refractivity contribution in [2.24, 2.45) is 0 Å². The molecular formula is C10H9Br2FO. The van der Waals surface area contributed by atoms with Crippen LogP contribution in [0.25, 0.3) is 0 Å². The SMILES string of the molecule is Fc1ccc(Br)cc1OC1CC(Br)C1. The zero-order valence-corrected chi connectivity index (χ0v) is 10.5. The highest BCUT2D eigenvalue weighted by Gasteiger charge is 2.29. The quantitative estimate of drug-likeness (QED) is 0.750. The van der Waals surface area contributed by atoms with E-state index < -0.39 is 0 Å². The molecule has 1 aliphatic rings. The minimum absolute atomic E-state index is 0.156. The van der Waals surface area contributed by atoms with E-state index in [1.165, 1.54) is 6.07 Å².